The summed E-state index contributed by atoms with van der Waals surface area (Å²) in [5, 5.41) is 3.47. The summed E-state index contributed by atoms with van der Waals surface area (Å²) in [5.41, 5.74) is 2.11. The number of benzene rings is 2. The molecule has 2 aromatic carbocycles. The van der Waals surface area contributed by atoms with E-state index in [1.165, 1.54) is 18.2 Å². The summed E-state index contributed by atoms with van der Waals surface area (Å²) in [6.07, 6.45) is 0.812. The van der Waals surface area contributed by atoms with Crippen LogP contribution in [-0.2, 0) is 6.42 Å². The van der Waals surface area contributed by atoms with Gasteiger partial charge in [0.05, 0.1) is 4.47 Å². The zero-order chi connectivity index (χ0) is 15.4. The molecule has 0 aliphatic heterocycles. The maximum atomic E-state index is 13.2. The minimum atomic E-state index is -0.259. The van der Waals surface area contributed by atoms with Crippen molar-refractivity contribution < 1.29 is 8.78 Å². The molecule has 2 unspecified atom stereocenters. The van der Waals surface area contributed by atoms with Crippen LogP contribution in [0.4, 0.5) is 8.78 Å². The van der Waals surface area contributed by atoms with Crippen molar-refractivity contribution in [2.45, 2.75) is 32.4 Å². The van der Waals surface area contributed by atoms with Gasteiger partial charge in [0.25, 0.3) is 0 Å². The van der Waals surface area contributed by atoms with Gasteiger partial charge in [-0.05, 0) is 71.6 Å². The first-order valence-electron chi connectivity index (χ1n) is 6.91. The van der Waals surface area contributed by atoms with E-state index in [0.29, 0.717) is 4.47 Å². The van der Waals surface area contributed by atoms with Gasteiger partial charge in [-0.2, -0.15) is 0 Å². The van der Waals surface area contributed by atoms with E-state index in [0.717, 1.165) is 17.5 Å². The van der Waals surface area contributed by atoms with Crippen molar-refractivity contribution in [3.05, 3.63) is 69.7 Å². The molecular formula is C17H18BrF2N. The van der Waals surface area contributed by atoms with Crippen LogP contribution in [0, 0.1) is 11.6 Å². The first-order valence-corrected chi connectivity index (χ1v) is 7.70. The smallest absolute Gasteiger partial charge is 0.137 e. The van der Waals surface area contributed by atoms with Gasteiger partial charge in [0.15, 0.2) is 0 Å². The lowest BCUT2D eigenvalue weighted by Gasteiger charge is -2.21. The molecule has 0 saturated carbocycles. The van der Waals surface area contributed by atoms with Crippen molar-refractivity contribution in [2.24, 2.45) is 0 Å². The normalized spacial score (nSPS) is 14.0. The van der Waals surface area contributed by atoms with Gasteiger partial charge in [-0.1, -0.05) is 18.2 Å². The molecule has 2 atom stereocenters. The van der Waals surface area contributed by atoms with Gasteiger partial charge in [0, 0.05) is 12.1 Å². The Morgan fingerprint density at radius 1 is 1.05 bits per heavy atom. The molecule has 0 spiro atoms. The summed E-state index contributed by atoms with van der Waals surface area (Å²) in [6.45, 7) is 4.12. The maximum Gasteiger partial charge on any atom is 0.137 e. The Morgan fingerprint density at radius 2 is 1.71 bits per heavy atom. The molecule has 21 heavy (non-hydrogen) atoms. The minimum absolute atomic E-state index is 0.109. The Balaban J connectivity index is 1.96. The van der Waals surface area contributed by atoms with Crippen LogP contribution in [0.5, 0.6) is 0 Å². The largest absolute Gasteiger partial charge is 0.307 e. The molecule has 0 aliphatic rings. The molecular weight excluding hydrogens is 336 g/mol. The first kappa shape index (κ1) is 16.1. The molecule has 2 rings (SSSR count). The zero-order valence-electron chi connectivity index (χ0n) is 12.0. The molecule has 0 aliphatic carbocycles. The summed E-state index contributed by atoms with van der Waals surface area (Å²) < 4.78 is 26.6. The lowest BCUT2D eigenvalue weighted by Crippen LogP contribution is -2.30. The highest BCUT2D eigenvalue weighted by atomic mass is 79.9. The lowest BCUT2D eigenvalue weighted by atomic mass is 10.0. The molecule has 0 amide bonds. The fourth-order valence-electron chi connectivity index (χ4n) is 2.34. The van der Waals surface area contributed by atoms with Gasteiger partial charge in [-0.25, -0.2) is 8.78 Å². The van der Waals surface area contributed by atoms with E-state index in [1.807, 2.05) is 6.92 Å². The SMILES string of the molecule is CC(Cc1ccc(F)cc1)NC(C)c1ccc(F)c(Br)c1. The number of nitrogens with one attached hydrogen (secondary N) is 1. The Kier molecular flexibility index (Phi) is 5.48. The fraction of sp³-hybridized carbons (Fsp3) is 0.294. The Morgan fingerprint density at radius 3 is 2.33 bits per heavy atom. The minimum Gasteiger partial charge on any atom is -0.307 e. The molecule has 4 heteroatoms. The summed E-state index contributed by atoms with van der Waals surface area (Å²) in [4.78, 5) is 0. The second-order valence-electron chi connectivity index (χ2n) is 5.29. The van der Waals surface area contributed by atoms with Gasteiger partial charge >= 0.3 is 0 Å². The van der Waals surface area contributed by atoms with Crippen molar-refractivity contribution in [3.63, 3.8) is 0 Å². The van der Waals surface area contributed by atoms with E-state index < -0.39 is 0 Å². The van der Waals surface area contributed by atoms with Gasteiger partial charge < -0.3 is 5.32 Å². The van der Waals surface area contributed by atoms with Crippen molar-refractivity contribution >= 4 is 15.9 Å². The van der Waals surface area contributed by atoms with Crippen LogP contribution in [0.1, 0.15) is 31.0 Å². The quantitative estimate of drug-likeness (QED) is 0.796. The highest BCUT2D eigenvalue weighted by Crippen LogP contribution is 2.21. The molecule has 0 heterocycles. The van der Waals surface area contributed by atoms with Gasteiger partial charge in [0.1, 0.15) is 11.6 Å². The van der Waals surface area contributed by atoms with Crippen molar-refractivity contribution in [1.82, 2.24) is 5.32 Å². The lowest BCUT2D eigenvalue weighted by molar-refractivity contribution is 0.476. The summed E-state index contributed by atoms with van der Waals surface area (Å²) in [5.74, 6) is -0.478. The van der Waals surface area contributed by atoms with E-state index >= 15 is 0 Å². The van der Waals surface area contributed by atoms with E-state index in [-0.39, 0.29) is 23.7 Å². The van der Waals surface area contributed by atoms with Gasteiger partial charge in [-0.15, -0.1) is 0 Å². The monoisotopic (exact) mass is 353 g/mol. The Bertz CT molecular complexity index is 598. The van der Waals surface area contributed by atoms with Crippen molar-refractivity contribution in [3.8, 4) is 0 Å². The predicted molar refractivity (Wildman–Crippen MR) is 85.2 cm³/mol. The van der Waals surface area contributed by atoms with E-state index in [1.54, 1.807) is 24.3 Å². The van der Waals surface area contributed by atoms with E-state index in [9.17, 15) is 8.78 Å². The molecule has 0 aromatic heterocycles. The van der Waals surface area contributed by atoms with Gasteiger partial charge in [0.2, 0.25) is 0 Å². The fourth-order valence-corrected chi connectivity index (χ4v) is 2.73. The highest BCUT2D eigenvalue weighted by molar-refractivity contribution is 9.10. The number of hydrogen-bond donors (Lipinski definition) is 1. The second kappa shape index (κ2) is 7.14. The third-order valence-electron chi connectivity index (χ3n) is 3.43. The summed E-state index contributed by atoms with van der Waals surface area (Å²) in [7, 11) is 0. The van der Waals surface area contributed by atoms with E-state index in [2.05, 4.69) is 28.2 Å². The first-order chi connectivity index (χ1) is 9.95. The molecule has 0 radical (unpaired) electrons. The van der Waals surface area contributed by atoms with Gasteiger partial charge in [-0.3, -0.25) is 0 Å². The van der Waals surface area contributed by atoms with E-state index in [4.69, 9.17) is 0 Å². The number of halogens is 3. The molecule has 112 valence electrons. The summed E-state index contributed by atoms with van der Waals surface area (Å²) in [6, 6.07) is 11.9. The van der Waals surface area contributed by atoms with Crippen LogP contribution in [0.3, 0.4) is 0 Å². The highest BCUT2D eigenvalue weighted by Gasteiger charge is 2.11. The van der Waals surface area contributed by atoms with Crippen LogP contribution in [0.15, 0.2) is 46.9 Å². The summed E-state index contributed by atoms with van der Waals surface area (Å²) >= 11 is 3.20. The average Bonchev–Trinajstić information content (AvgIpc) is 2.44. The molecule has 1 N–H and O–H groups in total. The maximum absolute atomic E-state index is 13.2. The van der Waals surface area contributed by atoms with Crippen LogP contribution in [-0.4, -0.2) is 6.04 Å². The second-order valence-corrected chi connectivity index (χ2v) is 6.15. The molecule has 1 nitrogen and oxygen atoms in total. The Labute approximate surface area is 132 Å². The topological polar surface area (TPSA) is 12.0 Å². The van der Waals surface area contributed by atoms with Crippen LogP contribution >= 0.6 is 15.9 Å². The van der Waals surface area contributed by atoms with Crippen LogP contribution < -0.4 is 5.32 Å². The number of hydrogen-bond acceptors (Lipinski definition) is 1. The molecule has 2 aromatic rings. The molecule has 0 bridgehead atoms. The number of rotatable bonds is 5. The molecule has 0 saturated heterocycles. The molecule has 0 fully saturated rings. The predicted octanol–water partition coefficient (Wildman–Crippen LogP) is 5.01. The third-order valence-corrected chi connectivity index (χ3v) is 4.04. The van der Waals surface area contributed by atoms with Crippen LogP contribution in [0.2, 0.25) is 0 Å². The van der Waals surface area contributed by atoms with Crippen LogP contribution in [0.25, 0.3) is 0 Å². The zero-order valence-corrected chi connectivity index (χ0v) is 13.6. The Hall–Kier alpha value is -1.26. The van der Waals surface area contributed by atoms with Crippen molar-refractivity contribution in [1.29, 1.82) is 0 Å². The third kappa shape index (κ3) is 4.61. The average molecular weight is 354 g/mol. The van der Waals surface area contributed by atoms with Crippen molar-refractivity contribution in [2.75, 3.05) is 0 Å². The standard InChI is InChI=1S/C17H18BrF2N/c1-11(9-13-3-6-15(19)7-4-13)21-12(2)14-5-8-17(20)16(18)10-14/h3-8,10-12,21H,9H2,1-2H3.